The van der Waals surface area contributed by atoms with Crippen molar-refractivity contribution in [2.24, 2.45) is 0 Å². The molecule has 0 unspecified atom stereocenters. The number of anilines is 1. The molecule has 0 saturated heterocycles. The number of nitrogens with zero attached hydrogens (tertiary/aromatic N) is 1. The smallest absolute Gasteiger partial charge is 0.417 e. The van der Waals surface area contributed by atoms with Gasteiger partial charge in [0.05, 0.1) is 15.5 Å². The van der Waals surface area contributed by atoms with E-state index >= 15 is 0 Å². The Bertz CT molecular complexity index is 518. The molecule has 18 heavy (non-hydrogen) atoms. The monoisotopic (exact) mass is 284 g/mol. The summed E-state index contributed by atoms with van der Waals surface area (Å²) in [6.45, 7) is 0. The molecule has 6 nitrogen and oxygen atoms in total. The summed E-state index contributed by atoms with van der Waals surface area (Å²) in [5.41, 5.74) is -3.03. The highest BCUT2D eigenvalue weighted by Gasteiger charge is 2.35. The maximum atomic E-state index is 12.5. The molecule has 0 bridgehead atoms. The van der Waals surface area contributed by atoms with Crippen LogP contribution in [-0.2, 0) is 6.18 Å². The van der Waals surface area contributed by atoms with E-state index in [-0.39, 0.29) is 6.07 Å². The molecule has 2 N–H and O–H groups in total. The molecule has 0 aromatic heterocycles. The Balaban J connectivity index is 3.45. The van der Waals surface area contributed by atoms with Gasteiger partial charge in [0.15, 0.2) is 0 Å². The molecule has 0 saturated carbocycles. The lowest BCUT2D eigenvalue weighted by Gasteiger charge is -2.11. The maximum absolute atomic E-state index is 12.5. The number of rotatable bonds is 2. The fourth-order valence-corrected chi connectivity index (χ4v) is 1.41. The van der Waals surface area contributed by atoms with Gasteiger partial charge in [0.2, 0.25) is 0 Å². The molecule has 1 aromatic carbocycles. The molecule has 0 radical (unpaired) electrons. The van der Waals surface area contributed by atoms with Gasteiger partial charge in [-0.05, 0) is 6.07 Å². The maximum Gasteiger partial charge on any atom is 0.417 e. The summed E-state index contributed by atoms with van der Waals surface area (Å²) < 4.78 is 37.4. The highest BCUT2D eigenvalue weighted by molar-refractivity contribution is 6.31. The minimum Gasteiger partial charge on any atom is -0.465 e. The zero-order valence-corrected chi connectivity index (χ0v) is 9.04. The zero-order chi connectivity index (χ0) is 14.1. The third-order valence-electron chi connectivity index (χ3n) is 1.83. The minimum atomic E-state index is -4.85. The lowest BCUT2D eigenvalue weighted by atomic mass is 10.1. The number of hydrogen-bond donors (Lipinski definition) is 2. The van der Waals surface area contributed by atoms with E-state index in [9.17, 15) is 28.1 Å². The van der Waals surface area contributed by atoms with Crippen molar-refractivity contribution in [2.45, 2.75) is 6.18 Å². The van der Waals surface area contributed by atoms with Gasteiger partial charge >= 0.3 is 12.3 Å². The Morgan fingerprint density at radius 3 is 2.39 bits per heavy atom. The van der Waals surface area contributed by atoms with E-state index < -0.39 is 39.2 Å². The molecule has 0 spiro atoms. The molecule has 0 aliphatic carbocycles. The van der Waals surface area contributed by atoms with Crippen molar-refractivity contribution in [2.75, 3.05) is 5.32 Å². The van der Waals surface area contributed by atoms with E-state index in [0.29, 0.717) is 6.07 Å². The van der Waals surface area contributed by atoms with E-state index in [1.807, 2.05) is 0 Å². The van der Waals surface area contributed by atoms with E-state index in [4.69, 9.17) is 16.7 Å². The average molecular weight is 285 g/mol. The summed E-state index contributed by atoms with van der Waals surface area (Å²) in [4.78, 5) is 19.8. The van der Waals surface area contributed by atoms with E-state index in [2.05, 4.69) is 0 Å². The SMILES string of the molecule is O=C(O)Nc1cc(C(F)(F)F)c(Cl)cc1[N+](=O)[O-]. The van der Waals surface area contributed by atoms with Crippen LogP contribution in [0, 0.1) is 10.1 Å². The van der Waals surface area contributed by atoms with Crippen LogP contribution in [0.15, 0.2) is 12.1 Å². The fraction of sp³-hybridized carbons (Fsp3) is 0.125. The zero-order valence-electron chi connectivity index (χ0n) is 8.29. The van der Waals surface area contributed by atoms with Gasteiger partial charge in [-0.15, -0.1) is 0 Å². The van der Waals surface area contributed by atoms with Crippen molar-refractivity contribution in [1.82, 2.24) is 0 Å². The van der Waals surface area contributed by atoms with Crippen molar-refractivity contribution in [3.8, 4) is 0 Å². The third-order valence-corrected chi connectivity index (χ3v) is 2.14. The Kier molecular flexibility index (Phi) is 3.65. The molecule has 1 rings (SSSR count). The number of hydrogen-bond acceptors (Lipinski definition) is 3. The van der Waals surface area contributed by atoms with Crippen LogP contribution < -0.4 is 5.32 Å². The van der Waals surface area contributed by atoms with Crippen LogP contribution in [0.5, 0.6) is 0 Å². The second kappa shape index (κ2) is 4.69. The molecule has 10 heteroatoms. The Hall–Kier alpha value is -2.03. The Labute approximate surface area is 102 Å². The van der Waals surface area contributed by atoms with Crippen molar-refractivity contribution in [3.05, 3.63) is 32.8 Å². The Morgan fingerprint density at radius 1 is 1.44 bits per heavy atom. The number of amides is 1. The van der Waals surface area contributed by atoms with Crippen LogP contribution in [0.4, 0.5) is 29.3 Å². The highest BCUT2D eigenvalue weighted by Crippen LogP contribution is 2.40. The topological polar surface area (TPSA) is 92.5 Å². The van der Waals surface area contributed by atoms with E-state index in [0.717, 1.165) is 0 Å². The number of nitro groups is 1. The van der Waals surface area contributed by atoms with Crippen LogP contribution >= 0.6 is 11.6 Å². The summed E-state index contributed by atoms with van der Waals surface area (Å²) in [5, 5.41) is 19.6. The first-order chi connectivity index (χ1) is 8.12. The molecular weight excluding hydrogens is 281 g/mol. The summed E-state index contributed by atoms with van der Waals surface area (Å²) in [5.74, 6) is 0. The minimum absolute atomic E-state index is 0.272. The number of halogens is 4. The Morgan fingerprint density at radius 2 is 2.00 bits per heavy atom. The van der Waals surface area contributed by atoms with Gasteiger partial charge in [-0.1, -0.05) is 11.6 Å². The highest BCUT2D eigenvalue weighted by atomic mass is 35.5. The molecule has 0 aliphatic heterocycles. The third kappa shape index (κ3) is 3.00. The number of nitrogens with one attached hydrogen (secondary N) is 1. The number of nitro benzene ring substituents is 1. The second-order valence-electron chi connectivity index (χ2n) is 3.03. The molecule has 0 heterocycles. The molecule has 98 valence electrons. The molecule has 0 atom stereocenters. The fourth-order valence-electron chi connectivity index (χ4n) is 1.15. The lowest BCUT2D eigenvalue weighted by molar-refractivity contribution is -0.383. The van der Waals surface area contributed by atoms with Gasteiger partial charge in [-0.25, -0.2) is 4.79 Å². The van der Waals surface area contributed by atoms with Gasteiger partial charge in [0.25, 0.3) is 5.69 Å². The molecule has 1 amide bonds. The predicted octanol–water partition coefficient (Wildman–Crippen LogP) is 3.36. The van der Waals surface area contributed by atoms with Gasteiger partial charge in [-0.3, -0.25) is 15.4 Å². The molecule has 1 aromatic rings. The van der Waals surface area contributed by atoms with E-state index in [1.165, 1.54) is 5.32 Å². The van der Waals surface area contributed by atoms with Crippen molar-refractivity contribution < 1.29 is 28.0 Å². The molecule has 0 fully saturated rings. The number of benzene rings is 1. The quantitative estimate of drug-likeness (QED) is 0.643. The summed E-state index contributed by atoms with van der Waals surface area (Å²) >= 11 is 5.27. The molecular formula is C8H4ClF3N2O4. The summed E-state index contributed by atoms with van der Waals surface area (Å²) in [7, 11) is 0. The first-order valence-corrected chi connectivity index (χ1v) is 4.56. The lowest BCUT2D eigenvalue weighted by Crippen LogP contribution is -2.12. The normalized spacial score (nSPS) is 11.1. The van der Waals surface area contributed by atoms with Crippen molar-refractivity contribution in [1.29, 1.82) is 0 Å². The van der Waals surface area contributed by atoms with Gasteiger partial charge in [0.1, 0.15) is 5.69 Å². The van der Waals surface area contributed by atoms with Crippen LogP contribution in [0.1, 0.15) is 5.56 Å². The molecule has 0 aliphatic rings. The van der Waals surface area contributed by atoms with Gasteiger partial charge in [-0.2, -0.15) is 13.2 Å². The number of alkyl halides is 3. The van der Waals surface area contributed by atoms with Crippen LogP contribution in [0.2, 0.25) is 5.02 Å². The largest absolute Gasteiger partial charge is 0.465 e. The predicted molar refractivity (Wildman–Crippen MR) is 54.8 cm³/mol. The van der Waals surface area contributed by atoms with Crippen LogP contribution in [-0.4, -0.2) is 16.1 Å². The van der Waals surface area contributed by atoms with Crippen LogP contribution in [0.25, 0.3) is 0 Å². The van der Waals surface area contributed by atoms with Crippen molar-refractivity contribution in [3.63, 3.8) is 0 Å². The summed E-state index contributed by atoms with van der Waals surface area (Å²) in [6.07, 6.45) is -6.57. The van der Waals surface area contributed by atoms with E-state index in [1.54, 1.807) is 0 Å². The number of carboxylic acid groups (broad SMARTS) is 1. The van der Waals surface area contributed by atoms with Gasteiger partial charge in [0, 0.05) is 6.07 Å². The number of carbonyl (C=O) groups is 1. The van der Waals surface area contributed by atoms with Crippen molar-refractivity contribution >= 4 is 29.1 Å². The van der Waals surface area contributed by atoms with Gasteiger partial charge < -0.3 is 5.11 Å². The standard InChI is InChI=1S/C8H4ClF3N2O4/c9-4-2-6(14(17)18)5(13-7(15)16)1-3(4)8(10,11)12/h1-2,13H,(H,15,16). The van der Waals surface area contributed by atoms with Crippen LogP contribution in [0.3, 0.4) is 0 Å². The average Bonchev–Trinajstić information content (AvgIpc) is 2.17. The first-order valence-electron chi connectivity index (χ1n) is 4.18. The first kappa shape index (κ1) is 14.0. The second-order valence-corrected chi connectivity index (χ2v) is 3.44. The summed E-state index contributed by atoms with van der Waals surface area (Å²) in [6, 6.07) is 0.713.